The lowest BCUT2D eigenvalue weighted by atomic mass is 10.0. The van der Waals surface area contributed by atoms with Crippen molar-refractivity contribution in [1.82, 2.24) is 0 Å². The first-order valence-electron chi connectivity index (χ1n) is 18.6. The van der Waals surface area contributed by atoms with Gasteiger partial charge in [-0.1, -0.05) is 146 Å². The molecule has 1 aliphatic rings. The van der Waals surface area contributed by atoms with Crippen molar-refractivity contribution in [2.45, 2.75) is 6.04 Å². The Bertz CT molecular complexity index is 2890. The summed E-state index contributed by atoms with van der Waals surface area (Å²) in [5.41, 5.74) is 9.86. The standard InChI is InChI=1S/C51H35N3S/c1-4-15-36(16-5-1)46-30-31-47(40-27-26-35-14-10-11-17-37(35)32-40)53-51(52-46)45-24-13-25-48-50(45)44-29-28-39(34-49(44)55-48)38-18-12-23-43(33-38)54(41-19-6-2-7-20-41)42-21-8-3-9-22-42/h1-34,46H/t46-/m0/s1. The van der Waals surface area contributed by atoms with Crippen molar-refractivity contribution >= 4 is 70.9 Å². The van der Waals surface area contributed by atoms with Crippen LogP contribution in [0.2, 0.25) is 0 Å². The van der Waals surface area contributed by atoms with Gasteiger partial charge in [0.1, 0.15) is 0 Å². The maximum atomic E-state index is 5.37. The van der Waals surface area contributed by atoms with Crippen molar-refractivity contribution in [3.63, 3.8) is 0 Å². The van der Waals surface area contributed by atoms with Gasteiger partial charge in [0, 0.05) is 48.4 Å². The molecule has 8 aromatic carbocycles. The van der Waals surface area contributed by atoms with E-state index < -0.39 is 0 Å². The van der Waals surface area contributed by atoms with E-state index in [2.05, 4.69) is 211 Å². The molecule has 55 heavy (non-hydrogen) atoms. The van der Waals surface area contributed by atoms with Crippen LogP contribution in [0.25, 0.3) is 42.1 Å². The first kappa shape index (κ1) is 32.7. The minimum atomic E-state index is -0.164. The number of aliphatic imine (C=N–C) groups is 2. The Morgan fingerprint density at radius 1 is 0.473 bits per heavy atom. The fraction of sp³-hybridized carbons (Fsp3) is 0.0196. The van der Waals surface area contributed by atoms with Crippen LogP contribution in [-0.4, -0.2) is 11.5 Å². The zero-order chi connectivity index (χ0) is 36.6. The molecule has 1 aliphatic heterocycles. The number of benzene rings is 8. The van der Waals surface area contributed by atoms with E-state index in [1.54, 1.807) is 0 Å². The van der Waals surface area contributed by atoms with Crippen LogP contribution in [0.5, 0.6) is 0 Å². The molecule has 2 heterocycles. The van der Waals surface area contributed by atoms with Crippen LogP contribution in [0.4, 0.5) is 17.1 Å². The molecule has 0 fully saturated rings. The predicted octanol–water partition coefficient (Wildman–Crippen LogP) is 13.9. The summed E-state index contributed by atoms with van der Waals surface area (Å²) in [4.78, 5) is 13.0. The number of thiophene rings is 1. The van der Waals surface area contributed by atoms with E-state index in [0.717, 1.165) is 45.3 Å². The molecule has 0 aliphatic carbocycles. The van der Waals surface area contributed by atoms with E-state index in [-0.39, 0.29) is 6.04 Å². The van der Waals surface area contributed by atoms with Gasteiger partial charge in [-0.05, 0) is 88.1 Å². The van der Waals surface area contributed by atoms with Gasteiger partial charge < -0.3 is 4.90 Å². The van der Waals surface area contributed by atoms with Crippen LogP contribution in [0, 0.1) is 0 Å². The van der Waals surface area contributed by atoms with Gasteiger partial charge in [-0.2, -0.15) is 0 Å². The SMILES string of the molecule is C1=C[C@@H](c2ccccc2)N=C(c2cccc3sc4cc(-c5cccc(N(c6ccccc6)c6ccccc6)c5)ccc4c23)N=C1c1ccc2ccccc2c1. The van der Waals surface area contributed by atoms with Gasteiger partial charge in [-0.3, -0.25) is 4.99 Å². The lowest BCUT2D eigenvalue weighted by Crippen LogP contribution is -2.09. The summed E-state index contributed by atoms with van der Waals surface area (Å²) in [5, 5.41) is 4.81. The van der Waals surface area contributed by atoms with Crippen LogP contribution < -0.4 is 4.90 Å². The quantitative estimate of drug-likeness (QED) is 0.161. The number of fused-ring (bicyclic) bond motifs is 4. The van der Waals surface area contributed by atoms with Crippen LogP contribution in [0.15, 0.2) is 216 Å². The van der Waals surface area contributed by atoms with Crippen LogP contribution >= 0.6 is 11.3 Å². The number of para-hydroxylation sites is 2. The van der Waals surface area contributed by atoms with Crippen molar-refractivity contribution in [2.75, 3.05) is 4.90 Å². The molecule has 9 aromatic rings. The highest BCUT2D eigenvalue weighted by Crippen LogP contribution is 2.41. The molecular weight excluding hydrogens is 687 g/mol. The van der Waals surface area contributed by atoms with Crippen LogP contribution in [0.3, 0.4) is 0 Å². The third-order valence-electron chi connectivity index (χ3n) is 10.3. The number of hydrogen-bond donors (Lipinski definition) is 0. The molecule has 3 nitrogen and oxygen atoms in total. The number of amidine groups is 1. The maximum absolute atomic E-state index is 5.37. The first-order valence-corrected chi connectivity index (χ1v) is 19.4. The zero-order valence-electron chi connectivity index (χ0n) is 30.0. The largest absolute Gasteiger partial charge is 0.310 e. The summed E-state index contributed by atoms with van der Waals surface area (Å²) in [5.74, 6) is 0.742. The molecule has 0 radical (unpaired) electrons. The summed E-state index contributed by atoms with van der Waals surface area (Å²) in [6.07, 6.45) is 4.32. The molecule has 10 rings (SSSR count). The molecule has 1 aromatic heterocycles. The minimum absolute atomic E-state index is 0.164. The molecule has 0 N–H and O–H groups in total. The van der Waals surface area contributed by atoms with E-state index in [1.165, 1.54) is 42.1 Å². The molecule has 0 saturated carbocycles. The fourth-order valence-corrected chi connectivity index (χ4v) is 8.80. The van der Waals surface area contributed by atoms with E-state index in [0.29, 0.717) is 0 Å². The summed E-state index contributed by atoms with van der Waals surface area (Å²) < 4.78 is 2.45. The average Bonchev–Trinajstić information content (AvgIpc) is 3.48. The van der Waals surface area contributed by atoms with Gasteiger partial charge >= 0.3 is 0 Å². The van der Waals surface area contributed by atoms with Gasteiger partial charge in [-0.25, -0.2) is 4.99 Å². The number of hydrogen-bond acceptors (Lipinski definition) is 4. The molecule has 4 heteroatoms. The molecule has 0 unspecified atom stereocenters. The Morgan fingerprint density at radius 3 is 1.91 bits per heavy atom. The highest BCUT2D eigenvalue weighted by atomic mass is 32.1. The maximum Gasteiger partial charge on any atom is 0.156 e. The lowest BCUT2D eigenvalue weighted by molar-refractivity contribution is 0.913. The normalized spacial score (nSPS) is 14.1. The predicted molar refractivity (Wildman–Crippen MR) is 235 cm³/mol. The minimum Gasteiger partial charge on any atom is -0.310 e. The second-order valence-corrected chi connectivity index (χ2v) is 14.9. The smallest absolute Gasteiger partial charge is 0.156 e. The van der Waals surface area contributed by atoms with Crippen LogP contribution in [0.1, 0.15) is 22.7 Å². The van der Waals surface area contributed by atoms with Crippen molar-refractivity contribution in [2.24, 2.45) is 9.98 Å². The Kier molecular flexibility index (Phi) is 8.43. The number of rotatable bonds is 7. The average molecular weight is 722 g/mol. The number of allylic oxidation sites excluding steroid dienone is 1. The number of nitrogens with zero attached hydrogens (tertiary/aromatic N) is 3. The summed E-state index contributed by atoms with van der Waals surface area (Å²) in [6.45, 7) is 0. The lowest BCUT2D eigenvalue weighted by Gasteiger charge is -2.25. The second-order valence-electron chi connectivity index (χ2n) is 13.8. The van der Waals surface area contributed by atoms with Crippen LogP contribution in [-0.2, 0) is 0 Å². The van der Waals surface area contributed by atoms with Crippen molar-refractivity contribution in [3.8, 4) is 11.1 Å². The van der Waals surface area contributed by atoms with Gasteiger partial charge in [0.25, 0.3) is 0 Å². The third kappa shape index (κ3) is 6.33. The molecule has 1 atom stereocenters. The van der Waals surface area contributed by atoms with E-state index in [9.17, 15) is 0 Å². The molecule has 0 spiro atoms. The zero-order valence-corrected chi connectivity index (χ0v) is 30.8. The van der Waals surface area contributed by atoms with Gasteiger partial charge in [0.15, 0.2) is 5.84 Å². The van der Waals surface area contributed by atoms with Gasteiger partial charge in [-0.15, -0.1) is 11.3 Å². The van der Waals surface area contributed by atoms with E-state index >= 15 is 0 Å². The Balaban J connectivity index is 1.08. The molecule has 0 amide bonds. The fourth-order valence-electron chi connectivity index (χ4n) is 7.63. The first-order chi connectivity index (χ1) is 27.2. The highest BCUT2D eigenvalue weighted by molar-refractivity contribution is 7.26. The Labute approximate surface area is 324 Å². The molecular formula is C51H35N3S. The van der Waals surface area contributed by atoms with Crippen molar-refractivity contribution in [3.05, 3.63) is 223 Å². The topological polar surface area (TPSA) is 28.0 Å². The number of anilines is 3. The van der Waals surface area contributed by atoms with E-state index in [4.69, 9.17) is 9.98 Å². The van der Waals surface area contributed by atoms with Gasteiger partial charge in [0.05, 0.1) is 11.8 Å². The van der Waals surface area contributed by atoms with E-state index in [1.807, 2.05) is 11.3 Å². The monoisotopic (exact) mass is 721 g/mol. The molecule has 260 valence electrons. The summed E-state index contributed by atoms with van der Waals surface area (Å²) in [7, 11) is 0. The second kappa shape index (κ2) is 14.2. The van der Waals surface area contributed by atoms with Crippen molar-refractivity contribution in [1.29, 1.82) is 0 Å². The third-order valence-corrected chi connectivity index (χ3v) is 11.4. The Hall–Kier alpha value is -6.88. The van der Waals surface area contributed by atoms with Gasteiger partial charge in [0.2, 0.25) is 0 Å². The summed E-state index contributed by atoms with van der Waals surface area (Å²) >= 11 is 1.82. The molecule has 0 bridgehead atoms. The van der Waals surface area contributed by atoms with Crippen molar-refractivity contribution < 1.29 is 0 Å². The Morgan fingerprint density at radius 2 is 1.13 bits per heavy atom. The highest BCUT2D eigenvalue weighted by Gasteiger charge is 2.20. The summed E-state index contributed by atoms with van der Waals surface area (Å²) in [6, 6.07) is 68.8. The molecule has 0 saturated heterocycles.